The van der Waals surface area contributed by atoms with E-state index < -0.39 is 58.7 Å². The Balaban J connectivity index is 1.90. The molecule has 0 saturated carbocycles. The van der Waals surface area contributed by atoms with Gasteiger partial charge in [-0.2, -0.15) is 13.2 Å². The lowest BCUT2D eigenvalue weighted by Gasteiger charge is -2.24. The number of halogens is 5. The number of nitrogens with zero attached hydrogens (tertiary/aromatic N) is 2. The third-order valence-corrected chi connectivity index (χ3v) is 7.82. The van der Waals surface area contributed by atoms with Crippen molar-refractivity contribution in [3.05, 3.63) is 122 Å². The lowest BCUT2D eigenvalue weighted by atomic mass is 10.0. The molecule has 0 aliphatic carbocycles. The Morgan fingerprint density at radius 2 is 1.70 bits per heavy atom. The molecule has 0 bridgehead atoms. The second-order valence-electron chi connectivity index (χ2n) is 10.4. The molecule has 1 N–H and O–H groups in total. The number of carbonyl (C=O) groups excluding carboxylic acids is 1. The third-order valence-electron chi connectivity index (χ3n) is 7.54. The summed E-state index contributed by atoms with van der Waals surface area (Å²) in [5.74, 6) is -2.92. The minimum Gasteiger partial charge on any atom is -0.494 e. The molecule has 0 spiro atoms. The summed E-state index contributed by atoms with van der Waals surface area (Å²) in [4.78, 5) is 39.9. The van der Waals surface area contributed by atoms with Gasteiger partial charge in [-0.25, -0.2) is 13.6 Å². The molecule has 4 aromatic rings. The molecule has 0 amide bonds. The maximum absolute atomic E-state index is 15.6. The molecule has 0 aliphatic rings. The highest BCUT2D eigenvalue weighted by Gasteiger charge is 2.35. The summed E-state index contributed by atoms with van der Waals surface area (Å²) < 4.78 is 83.8. The van der Waals surface area contributed by atoms with Gasteiger partial charge in [0.2, 0.25) is 7.12 Å². The molecule has 47 heavy (non-hydrogen) atoms. The van der Waals surface area contributed by atoms with Crippen molar-refractivity contribution >= 4 is 25.0 Å². The van der Waals surface area contributed by atoms with Crippen LogP contribution < -0.4 is 21.3 Å². The summed E-state index contributed by atoms with van der Waals surface area (Å²) in [6, 6.07) is 14.4. The fourth-order valence-electron chi connectivity index (χ4n) is 5.22. The van der Waals surface area contributed by atoms with E-state index in [4.69, 9.17) is 11.9 Å². The van der Waals surface area contributed by atoms with Crippen LogP contribution in [0.4, 0.5) is 22.0 Å². The maximum atomic E-state index is 15.6. The highest BCUT2D eigenvalue weighted by atomic mass is 32.2. The number of rotatable bonds is 13. The molecule has 0 saturated heterocycles. The first-order valence-corrected chi connectivity index (χ1v) is 15.1. The monoisotopic (exact) mass is 673 g/mol. The smallest absolute Gasteiger partial charge is 0.416 e. The first-order chi connectivity index (χ1) is 22.4. The number of aromatic nitrogens is 2. The van der Waals surface area contributed by atoms with E-state index in [0.29, 0.717) is 29.9 Å². The van der Waals surface area contributed by atoms with Gasteiger partial charge in [-0.15, -0.1) is 0 Å². The Bertz CT molecular complexity index is 1850. The zero-order valence-electron chi connectivity index (χ0n) is 25.3. The van der Waals surface area contributed by atoms with Crippen molar-refractivity contribution in [1.82, 2.24) is 14.5 Å². The first-order valence-electron chi connectivity index (χ1n) is 14.2. The molecule has 1 atom stereocenters. The summed E-state index contributed by atoms with van der Waals surface area (Å²) in [5.41, 5.74) is -4.22. The molecule has 4 rings (SSSR count). The summed E-state index contributed by atoms with van der Waals surface area (Å²) in [6.45, 7) is 0.240. The fourth-order valence-corrected chi connectivity index (χ4v) is 5.41. The molecule has 1 aromatic heterocycles. The fraction of sp³-hybridized carbons (Fsp3) is 0.281. The van der Waals surface area contributed by atoms with Gasteiger partial charge >= 0.3 is 17.8 Å². The number of methoxy groups -OCH3 is 1. The maximum Gasteiger partial charge on any atom is 0.416 e. The number of ether oxygens (including phenoxy) is 1. The van der Waals surface area contributed by atoms with Gasteiger partial charge < -0.3 is 14.2 Å². The van der Waals surface area contributed by atoms with Crippen molar-refractivity contribution in [3.63, 3.8) is 0 Å². The summed E-state index contributed by atoms with van der Waals surface area (Å²) in [6.07, 6.45) is -4.65. The Morgan fingerprint density at radius 3 is 2.36 bits per heavy atom. The predicted octanol–water partition coefficient (Wildman–Crippen LogP) is 5.73. The van der Waals surface area contributed by atoms with Crippen molar-refractivity contribution in [1.29, 1.82) is 0 Å². The van der Waals surface area contributed by atoms with Gasteiger partial charge in [0.25, 0.3) is 5.56 Å². The van der Waals surface area contributed by atoms with Crippen LogP contribution in [0.2, 0.25) is 0 Å². The highest BCUT2D eigenvalue weighted by molar-refractivity contribution is 8.16. The molecular formula is C32H29BF5N3O5S. The first kappa shape index (κ1) is 35.5. The molecule has 246 valence electrons. The number of alkyl halides is 3. The van der Waals surface area contributed by atoms with Gasteiger partial charge in [0.1, 0.15) is 5.82 Å². The topological polar surface area (TPSA) is 91.6 Å². The molecule has 0 fully saturated rings. The standard InChI is InChI=1S/C32H29BF5N3O5S/c1-19-28(21-11-6-14-26(45-2)29(21)35)30(43)41(31(44)40(19)17-22-23(32(36,37)38)12-7-13-24(22)34)18-25(20-9-4-3-5-10-20)39-16-8-15-27(42)46-47-33/h3-7,9-14,25,39H,8,15-18H2,1-2H3/t25-/m0/s1. The van der Waals surface area contributed by atoms with E-state index in [0.717, 1.165) is 21.3 Å². The molecule has 15 heteroatoms. The van der Waals surface area contributed by atoms with Crippen molar-refractivity contribution in [2.75, 3.05) is 13.7 Å². The van der Waals surface area contributed by atoms with E-state index in [-0.39, 0.29) is 42.1 Å². The third kappa shape index (κ3) is 8.14. The van der Waals surface area contributed by atoms with Gasteiger partial charge in [-0.05, 0) is 55.5 Å². The number of hydrogen-bond acceptors (Lipinski definition) is 7. The predicted molar refractivity (Wildman–Crippen MR) is 168 cm³/mol. The zero-order chi connectivity index (χ0) is 34.3. The lowest BCUT2D eigenvalue weighted by Crippen LogP contribution is -2.45. The van der Waals surface area contributed by atoms with Gasteiger partial charge in [0.05, 0.1) is 37.4 Å². The van der Waals surface area contributed by atoms with E-state index in [2.05, 4.69) is 9.50 Å². The largest absolute Gasteiger partial charge is 0.494 e. The zero-order valence-corrected chi connectivity index (χ0v) is 26.1. The molecule has 8 nitrogen and oxygen atoms in total. The normalized spacial score (nSPS) is 12.1. The molecule has 2 radical (unpaired) electrons. The number of benzene rings is 3. The van der Waals surface area contributed by atoms with Gasteiger partial charge in [0, 0.05) is 23.2 Å². The van der Waals surface area contributed by atoms with Crippen molar-refractivity contribution < 1.29 is 35.7 Å². The lowest BCUT2D eigenvalue weighted by molar-refractivity contribution is -0.138. The molecular weight excluding hydrogens is 644 g/mol. The summed E-state index contributed by atoms with van der Waals surface area (Å²) >= 11 is 0.419. The van der Waals surface area contributed by atoms with Crippen LogP contribution in [-0.4, -0.2) is 35.9 Å². The molecule has 0 unspecified atom stereocenters. The average molecular weight is 673 g/mol. The van der Waals surface area contributed by atoms with Crippen molar-refractivity contribution in [3.8, 4) is 16.9 Å². The van der Waals surface area contributed by atoms with Crippen LogP contribution in [0.3, 0.4) is 0 Å². The van der Waals surface area contributed by atoms with E-state index in [1.54, 1.807) is 30.3 Å². The minimum atomic E-state index is -4.96. The average Bonchev–Trinajstić information content (AvgIpc) is 3.03. The van der Waals surface area contributed by atoms with Crippen LogP contribution >= 0.6 is 11.9 Å². The van der Waals surface area contributed by atoms with E-state index in [1.807, 2.05) is 0 Å². The molecule has 1 heterocycles. The van der Waals surface area contributed by atoms with Crippen LogP contribution in [0.1, 0.15) is 41.3 Å². The Labute approximate surface area is 272 Å². The van der Waals surface area contributed by atoms with Crippen LogP contribution in [0, 0.1) is 18.6 Å². The Kier molecular flexibility index (Phi) is 11.7. The second kappa shape index (κ2) is 15.5. The van der Waals surface area contributed by atoms with Crippen LogP contribution in [-0.2, 0) is 28.2 Å². The van der Waals surface area contributed by atoms with Gasteiger partial charge in [-0.3, -0.25) is 18.7 Å². The second-order valence-corrected chi connectivity index (χ2v) is 10.8. The highest BCUT2D eigenvalue weighted by Crippen LogP contribution is 2.34. The van der Waals surface area contributed by atoms with Crippen LogP contribution in [0.25, 0.3) is 11.1 Å². The van der Waals surface area contributed by atoms with Crippen molar-refractivity contribution in [2.45, 2.75) is 45.1 Å². The Morgan fingerprint density at radius 1 is 1.00 bits per heavy atom. The number of hydrogen-bond donors (Lipinski definition) is 1. The van der Waals surface area contributed by atoms with Gasteiger partial charge in [-0.1, -0.05) is 48.5 Å². The van der Waals surface area contributed by atoms with Crippen LogP contribution in [0.5, 0.6) is 5.75 Å². The Hall–Kier alpha value is -4.37. The summed E-state index contributed by atoms with van der Waals surface area (Å²) in [5, 5.41) is 3.19. The molecule has 3 aromatic carbocycles. The summed E-state index contributed by atoms with van der Waals surface area (Å²) in [7, 11) is 6.37. The minimum absolute atomic E-state index is 0.0133. The number of nitrogens with one attached hydrogen (secondary N) is 1. The molecule has 0 aliphatic heterocycles. The van der Waals surface area contributed by atoms with Gasteiger partial charge in [0.15, 0.2) is 11.6 Å². The van der Waals surface area contributed by atoms with Crippen LogP contribution in [0.15, 0.2) is 76.3 Å². The van der Waals surface area contributed by atoms with E-state index in [9.17, 15) is 31.9 Å². The van der Waals surface area contributed by atoms with E-state index in [1.165, 1.54) is 32.2 Å². The quantitative estimate of drug-likeness (QED) is 0.0840. The SMILES string of the molecule is [B]SOC(=O)CCCN[C@@H](Cn1c(=O)c(-c2cccc(OC)c2F)c(C)n(Cc2c(F)cccc2C(F)(F)F)c1=O)c1ccccc1. The van der Waals surface area contributed by atoms with E-state index >= 15 is 4.39 Å². The number of carbonyl (C=O) groups is 1. The van der Waals surface area contributed by atoms with Crippen molar-refractivity contribution in [2.24, 2.45) is 0 Å².